The molecule has 0 aromatic heterocycles. The molecule has 0 bridgehead atoms. The average molecular weight is 268 g/mol. The van der Waals surface area contributed by atoms with E-state index in [1.165, 1.54) is 6.92 Å². The lowest BCUT2D eigenvalue weighted by Gasteiger charge is -2.22. The molecule has 0 aromatic carbocycles. The van der Waals surface area contributed by atoms with E-state index >= 15 is 0 Å². The van der Waals surface area contributed by atoms with Crippen LogP contribution in [0.4, 0.5) is 26.3 Å². The summed E-state index contributed by atoms with van der Waals surface area (Å²) in [5, 5.41) is -0.323. The van der Waals surface area contributed by atoms with Crippen LogP contribution in [-0.2, 0) is 4.79 Å². The van der Waals surface area contributed by atoms with E-state index < -0.39 is 24.7 Å². The number of rotatable bonds is 5. The van der Waals surface area contributed by atoms with Gasteiger partial charge in [-0.25, -0.2) is 13.2 Å². The van der Waals surface area contributed by atoms with Crippen LogP contribution in [0.5, 0.6) is 0 Å². The highest BCUT2D eigenvalue weighted by Gasteiger charge is 2.56. The van der Waals surface area contributed by atoms with Crippen molar-refractivity contribution in [3.8, 4) is 0 Å². The van der Waals surface area contributed by atoms with Crippen LogP contribution >= 0.6 is 11.8 Å². The Hall–Kier alpha value is -0.400. The molecule has 16 heavy (non-hydrogen) atoms. The predicted octanol–water partition coefficient (Wildman–Crippen LogP) is 3.58. The van der Waals surface area contributed by atoms with Gasteiger partial charge >= 0.3 is 6.18 Å². The molecule has 0 N–H and O–H groups in total. The van der Waals surface area contributed by atoms with E-state index in [2.05, 4.69) is 0 Å². The monoisotopic (exact) mass is 268 g/mol. The maximum absolute atomic E-state index is 12.6. The van der Waals surface area contributed by atoms with Gasteiger partial charge in [0, 0.05) is 19.1 Å². The highest BCUT2D eigenvalue weighted by molar-refractivity contribution is 8.13. The maximum Gasteiger partial charge on any atom is 0.425 e. The van der Waals surface area contributed by atoms with Crippen molar-refractivity contribution in [2.24, 2.45) is 0 Å². The fraction of sp³-hybridized carbons (Fsp3) is 0.875. The summed E-state index contributed by atoms with van der Waals surface area (Å²) in [5.41, 5.74) is 0. The Bertz CT molecular complexity index is 239. The van der Waals surface area contributed by atoms with Gasteiger partial charge in [0.05, 0.1) is 0 Å². The molecule has 8 heteroatoms. The summed E-state index contributed by atoms with van der Waals surface area (Å²) in [7, 11) is 0. The van der Waals surface area contributed by atoms with E-state index in [1.54, 1.807) is 0 Å². The topological polar surface area (TPSA) is 17.1 Å². The van der Waals surface area contributed by atoms with Gasteiger partial charge in [-0.3, -0.25) is 4.79 Å². The number of carbonyl (C=O) groups excluding carboxylic acids is 1. The summed E-state index contributed by atoms with van der Waals surface area (Å²) in [4.78, 5) is 10.4. The molecule has 1 unspecified atom stereocenters. The van der Waals surface area contributed by atoms with Crippen LogP contribution < -0.4 is 0 Å². The summed E-state index contributed by atoms with van der Waals surface area (Å²) in [6.45, 7) is 1.20. The third-order valence-corrected chi connectivity index (χ3v) is 2.52. The smallest absolute Gasteiger partial charge is 0.288 e. The second-order valence-electron chi connectivity index (χ2n) is 3.11. The van der Waals surface area contributed by atoms with Crippen LogP contribution in [0.3, 0.4) is 0 Å². The van der Waals surface area contributed by atoms with E-state index in [1.807, 2.05) is 0 Å². The highest BCUT2D eigenvalue weighted by Crippen LogP contribution is 2.37. The van der Waals surface area contributed by atoms with E-state index in [0.717, 1.165) is 0 Å². The predicted molar refractivity (Wildman–Crippen MR) is 48.3 cm³/mol. The molecule has 0 aliphatic carbocycles. The van der Waals surface area contributed by atoms with E-state index in [0.29, 0.717) is 11.8 Å². The van der Waals surface area contributed by atoms with E-state index in [-0.39, 0.29) is 17.3 Å². The molecule has 0 rings (SSSR count). The molecule has 0 saturated heterocycles. The minimum Gasteiger partial charge on any atom is -0.288 e. The lowest BCUT2D eigenvalue weighted by molar-refractivity contribution is -0.245. The second-order valence-corrected chi connectivity index (χ2v) is 4.38. The van der Waals surface area contributed by atoms with Gasteiger partial charge in [-0.1, -0.05) is 11.8 Å². The van der Waals surface area contributed by atoms with Gasteiger partial charge in [-0.05, 0) is 6.42 Å². The van der Waals surface area contributed by atoms with Crippen molar-refractivity contribution in [2.75, 3.05) is 5.75 Å². The number of hydrogen-bond acceptors (Lipinski definition) is 2. The zero-order valence-corrected chi connectivity index (χ0v) is 9.10. The number of halogens is 6. The van der Waals surface area contributed by atoms with Crippen LogP contribution in [-0.4, -0.2) is 29.1 Å². The minimum absolute atomic E-state index is 0.0461. The Morgan fingerprint density at radius 2 is 1.75 bits per heavy atom. The van der Waals surface area contributed by atoms with Gasteiger partial charge in [0.1, 0.15) is 0 Å². The molecule has 0 amide bonds. The van der Waals surface area contributed by atoms with E-state index in [4.69, 9.17) is 0 Å². The number of thioether (sulfide) groups is 1. The molecular formula is C8H10F6OS. The lowest BCUT2D eigenvalue weighted by atomic mass is 10.1. The molecule has 0 heterocycles. The molecule has 0 radical (unpaired) electrons. The van der Waals surface area contributed by atoms with Crippen LogP contribution in [0.2, 0.25) is 0 Å². The van der Waals surface area contributed by atoms with Gasteiger partial charge in [0.15, 0.2) is 5.12 Å². The first kappa shape index (κ1) is 15.6. The zero-order chi connectivity index (χ0) is 13.0. The molecule has 1 atom stereocenters. The zero-order valence-electron chi connectivity index (χ0n) is 8.28. The van der Waals surface area contributed by atoms with Gasteiger partial charge in [-0.15, -0.1) is 0 Å². The molecule has 0 spiro atoms. The summed E-state index contributed by atoms with van der Waals surface area (Å²) >= 11 is 0.715. The van der Waals surface area contributed by atoms with E-state index in [9.17, 15) is 31.1 Å². The Balaban J connectivity index is 4.09. The molecule has 0 fully saturated rings. The van der Waals surface area contributed by atoms with Crippen LogP contribution in [0, 0.1) is 0 Å². The van der Waals surface area contributed by atoms with Gasteiger partial charge in [0.2, 0.25) is 0 Å². The Kier molecular flexibility index (Phi) is 5.64. The normalized spacial score (nSPS) is 14.9. The van der Waals surface area contributed by atoms with Crippen LogP contribution in [0.15, 0.2) is 0 Å². The molecule has 96 valence electrons. The minimum atomic E-state index is -5.56. The van der Waals surface area contributed by atoms with Gasteiger partial charge in [0.25, 0.3) is 12.1 Å². The first-order chi connectivity index (χ1) is 7.07. The Labute approximate surface area is 92.6 Å². The van der Waals surface area contributed by atoms with Crippen molar-refractivity contribution in [2.45, 2.75) is 38.0 Å². The maximum atomic E-state index is 12.6. The third-order valence-electron chi connectivity index (χ3n) is 1.62. The number of alkyl halides is 6. The van der Waals surface area contributed by atoms with Gasteiger partial charge < -0.3 is 0 Å². The molecule has 0 aliphatic rings. The molecule has 0 saturated carbocycles. The lowest BCUT2D eigenvalue weighted by Crippen LogP contribution is -2.41. The summed E-state index contributed by atoms with van der Waals surface area (Å²) in [5.74, 6) is -4.48. The number of carbonyl (C=O) groups is 1. The fourth-order valence-corrected chi connectivity index (χ4v) is 1.47. The largest absolute Gasteiger partial charge is 0.425 e. The van der Waals surface area contributed by atoms with Crippen molar-refractivity contribution in [3.63, 3.8) is 0 Å². The summed E-state index contributed by atoms with van der Waals surface area (Å²) < 4.78 is 72.6. The van der Waals surface area contributed by atoms with Crippen molar-refractivity contribution in [1.29, 1.82) is 0 Å². The van der Waals surface area contributed by atoms with Crippen molar-refractivity contribution >= 4 is 16.9 Å². The summed E-state index contributed by atoms with van der Waals surface area (Å²) in [6.07, 6.45) is -11.3. The quantitative estimate of drug-likeness (QED) is 0.560. The van der Waals surface area contributed by atoms with Crippen molar-refractivity contribution < 1.29 is 31.1 Å². The molecule has 0 aliphatic heterocycles. The summed E-state index contributed by atoms with van der Waals surface area (Å²) in [6, 6.07) is 0. The average Bonchev–Trinajstić information content (AvgIpc) is 2.09. The van der Waals surface area contributed by atoms with Gasteiger partial charge in [-0.2, -0.15) is 13.2 Å². The van der Waals surface area contributed by atoms with Crippen molar-refractivity contribution in [1.82, 2.24) is 0 Å². The SMILES string of the molecule is CC(=O)SCCCC(F)(F)C(F)C(F)(F)F. The highest BCUT2D eigenvalue weighted by atomic mass is 32.2. The molecule has 0 aromatic rings. The third kappa shape index (κ3) is 5.62. The standard InChI is InChI=1S/C8H10F6OS/c1-5(15)16-4-2-3-7(10,11)6(9)8(12,13)14/h6H,2-4H2,1H3. The number of hydrogen-bond donors (Lipinski definition) is 0. The first-order valence-electron chi connectivity index (χ1n) is 4.29. The van der Waals surface area contributed by atoms with Crippen LogP contribution in [0.25, 0.3) is 0 Å². The first-order valence-corrected chi connectivity index (χ1v) is 5.28. The second kappa shape index (κ2) is 5.79. The molecule has 1 nitrogen and oxygen atoms in total. The van der Waals surface area contributed by atoms with Crippen LogP contribution in [0.1, 0.15) is 19.8 Å². The Morgan fingerprint density at radius 1 is 1.25 bits per heavy atom. The fourth-order valence-electron chi connectivity index (χ4n) is 0.890. The van der Waals surface area contributed by atoms with Crippen molar-refractivity contribution in [3.05, 3.63) is 0 Å². The Morgan fingerprint density at radius 3 is 2.12 bits per heavy atom. The molecular weight excluding hydrogens is 258 g/mol.